The zero-order chi connectivity index (χ0) is 21.8. The van der Waals surface area contributed by atoms with Crippen molar-refractivity contribution in [3.8, 4) is 0 Å². The Morgan fingerprint density at radius 3 is 2.34 bits per heavy atom. The molecule has 1 amide bonds. The molecule has 1 unspecified atom stereocenters. The van der Waals surface area contributed by atoms with Crippen LogP contribution >= 0.6 is 0 Å². The van der Waals surface area contributed by atoms with Crippen molar-refractivity contribution in [1.29, 1.82) is 5.41 Å². The van der Waals surface area contributed by atoms with E-state index < -0.39 is 33.1 Å². The number of amidine groups is 1. The van der Waals surface area contributed by atoms with Gasteiger partial charge in [-0.1, -0.05) is 35.9 Å². The molecule has 0 bridgehead atoms. The quantitative estimate of drug-likeness (QED) is 0.299. The Bertz CT molecular complexity index is 1030. The standard InChI is InChI=1S/C19H22N4O5S/c1-11-5-7-14(8-6-11)29(27,28)17(22)18(24)23-15(19(25)26)10-12-3-2-4-13(9-12)16(20)21/h2-9,15,17H,10,22H2,1H3,(H3,20,21)(H,23,24)(H,25,26)/t15-,17?/m0/s1. The summed E-state index contributed by atoms with van der Waals surface area (Å²) in [6, 6.07) is 10.7. The molecule has 0 aromatic heterocycles. The predicted molar refractivity (Wildman–Crippen MR) is 107 cm³/mol. The van der Waals surface area contributed by atoms with E-state index in [1.54, 1.807) is 37.3 Å². The molecular weight excluding hydrogens is 396 g/mol. The van der Waals surface area contributed by atoms with E-state index in [1.807, 2.05) is 0 Å². The van der Waals surface area contributed by atoms with E-state index in [2.05, 4.69) is 5.32 Å². The molecule has 10 heteroatoms. The Hall–Kier alpha value is -3.24. The maximum Gasteiger partial charge on any atom is 0.326 e. The molecule has 9 nitrogen and oxygen atoms in total. The maximum atomic E-state index is 12.5. The molecule has 2 atom stereocenters. The lowest BCUT2D eigenvalue weighted by Gasteiger charge is -2.18. The molecular formula is C19H22N4O5S. The number of aliphatic carboxylic acids is 1. The van der Waals surface area contributed by atoms with Crippen LogP contribution in [-0.4, -0.2) is 42.7 Å². The van der Waals surface area contributed by atoms with Crippen LogP contribution in [0.2, 0.25) is 0 Å². The number of nitrogen functional groups attached to an aromatic ring is 1. The molecule has 29 heavy (non-hydrogen) atoms. The van der Waals surface area contributed by atoms with Crippen LogP contribution in [0.15, 0.2) is 53.4 Å². The van der Waals surface area contributed by atoms with Gasteiger partial charge in [0.05, 0.1) is 4.90 Å². The number of aryl methyl sites for hydroxylation is 1. The van der Waals surface area contributed by atoms with E-state index in [-0.39, 0.29) is 17.2 Å². The Kier molecular flexibility index (Phi) is 6.72. The number of carbonyl (C=O) groups is 2. The summed E-state index contributed by atoms with van der Waals surface area (Å²) in [5.41, 5.74) is 12.8. The average molecular weight is 418 g/mol. The average Bonchev–Trinajstić information content (AvgIpc) is 2.67. The van der Waals surface area contributed by atoms with Crippen LogP contribution in [0.3, 0.4) is 0 Å². The summed E-state index contributed by atoms with van der Waals surface area (Å²) in [7, 11) is -4.19. The van der Waals surface area contributed by atoms with Gasteiger partial charge in [0.25, 0.3) is 5.91 Å². The summed E-state index contributed by atoms with van der Waals surface area (Å²) in [5, 5.41) is 17.1. The highest BCUT2D eigenvalue weighted by Gasteiger charge is 2.33. The van der Waals surface area contributed by atoms with E-state index >= 15 is 0 Å². The maximum absolute atomic E-state index is 12.5. The van der Waals surface area contributed by atoms with Crippen molar-refractivity contribution in [1.82, 2.24) is 5.32 Å². The van der Waals surface area contributed by atoms with Gasteiger partial charge in [-0.05, 0) is 30.7 Å². The first-order valence-electron chi connectivity index (χ1n) is 8.55. The second kappa shape index (κ2) is 8.84. The molecule has 0 aliphatic rings. The number of carboxylic acids is 1. The third-order valence-electron chi connectivity index (χ3n) is 4.23. The minimum atomic E-state index is -4.19. The Labute approximate surface area is 168 Å². The normalized spacial score (nSPS) is 13.3. The van der Waals surface area contributed by atoms with Gasteiger partial charge in [0, 0.05) is 12.0 Å². The zero-order valence-corrected chi connectivity index (χ0v) is 16.4. The molecule has 0 aliphatic carbocycles. The van der Waals surface area contributed by atoms with Crippen LogP contribution in [0.5, 0.6) is 0 Å². The molecule has 0 spiro atoms. The van der Waals surface area contributed by atoms with Crippen molar-refractivity contribution in [2.45, 2.75) is 29.7 Å². The number of amides is 1. The van der Waals surface area contributed by atoms with Crippen molar-refractivity contribution in [3.05, 3.63) is 65.2 Å². The summed E-state index contributed by atoms with van der Waals surface area (Å²) < 4.78 is 25.1. The highest BCUT2D eigenvalue weighted by Crippen LogP contribution is 2.15. The number of benzene rings is 2. The van der Waals surface area contributed by atoms with Gasteiger partial charge in [-0.2, -0.15) is 0 Å². The van der Waals surface area contributed by atoms with E-state index in [1.165, 1.54) is 18.2 Å². The van der Waals surface area contributed by atoms with Crippen molar-refractivity contribution in [2.75, 3.05) is 0 Å². The molecule has 2 rings (SSSR count). The van der Waals surface area contributed by atoms with Crippen molar-refractivity contribution in [2.24, 2.45) is 11.5 Å². The largest absolute Gasteiger partial charge is 0.480 e. The lowest BCUT2D eigenvalue weighted by atomic mass is 10.0. The third kappa shape index (κ3) is 5.39. The minimum Gasteiger partial charge on any atom is -0.480 e. The van der Waals surface area contributed by atoms with Gasteiger partial charge in [-0.25, -0.2) is 13.2 Å². The van der Waals surface area contributed by atoms with Crippen LogP contribution in [0.25, 0.3) is 0 Å². The van der Waals surface area contributed by atoms with Crippen LogP contribution in [-0.2, 0) is 25.8 Å². The van der Waals surface area contributed by atoms with Crippen LogP contribution in [0, 0.1) is 12.3 Å². The van der Waals surface area contributed by atoms with Gasteiger partial charge >= 0.3 is 5.97 Å². The molecule has 154 valence electrons. The summed E-state index contributed by atoms with van der Waals surface area (Å²) in [6.45, 7) is 1.78. The number of hydrogen-bond acceptors (Lipinski definition) is 6. The number of nitrogens with two attached hydrogens (primary N) is 2. The highest BCUT2D eigenvalue weighted by atomic mass is 32.2. The number of carboxylic acid groups (broad SMARTS) is 1. The van der Waals surface area contributed by atoms with Gasteiger partial charge in [0.2, 0.25) is 9.84 Å². The van der Waals surface area contributed by atoms with Crippen LogP contribution in [0.1, 0.15) is 16.7 Å². The highest BCUT2D eigenvalue weighted by molar-refractivity contribution is 7.92. The van der Waals surface area contributed by atoms with Crippen LogP contribution < -0.4 is 16.8 Å². The SMILES string of the molecule is Cc1ccc(S(=O)(=O)C(N)C(=O)N[C@@H](Cc2cccc(C(=N)N)c2)C(=O)O)cc1. The summed E-state index contributed by atoms with van der Waals surface area (Å²) in [4.78, 5) is 23.8. The summed E-state index contributed by atoms with van der Waals surface area (Å²) in [5.74, 6) is -2.67. The lowest BCUT2D eigenvalue weighted by molar-refractivity contribution is -0.141. The molecule has 2 aromatic carbocycles. The second-order valence-corrected chi connectivity index (χ2v) is 8.57. The fraction of sp³-hybridized carbons (Fsp3) is 0.211. The first kappa shape index (κ1) is 22.1. The fourth-order valence-corrected chi connectivity index (χ4v) is 3.73. The molecule has 0 fully saturated rings. The van der Waals surface area contributed by atoms with Gasteiger partial charge in [-0.3, -0.25) is 10.2 Å². The number of nitrogens with one attached hydrogen (secondary N) is 2. The van der Waals surface area contributed by atoms with E-state index in [0.29, 0.717) is 11.1 Å². The number of hydrogen-bond donors (Lipinski definition) is 5. The predicted octanol–water partition coefficient (Wildman–Crippen LogP) is 0.150. The lowest BCUT2D eigenvalue weighted by Crippen LogP contribution is -2.52. The molecule has 0 saturated carbocycles. The molecule has 7 N–H and O–H groups in total. The number of rotatable bonds is 8. The van der Waals surface area contributed by atoms with Gasteiger partial charge in [0.1, 0.15) is 11.9 Å². The van der Waals surface area contributed by atoms with E-state index in [0.717, 1.165) is 5.56 Å². The molecule has 0 saturated heterocycles. The molecule has 0 aliphatic heterocycles. The fourth-order valence-electron chi connectivity index (χ4n) is 2.57. The van der Waals surface area contributed by atoms with E-state index in [9.17, 15) is 23.1 Å². The number of sulfone groups is 1. The third-order valence-corrected chi connectivity index (χ3v) is 6.05. The first-order valence-corrected chi connectivity index (χ1v) is 10.1. The Morgan fingerprint density at radius 1 is 1.17 bits per heavy atom. The zero-order valence-electron chi connectivity index (χ0n) is 15.6. The van der Waals surface area contributed by atoms with Crippen LogP contribution in [0.4, 0.5) is 0 Å². The molecule has 0 heterocycles. The smallest absolute Gasteiger partial charge is 0.326 e. The topological polar surface area (TPSA) is 176 Å². The van der Waals surface area contributed by atoms with Crippen molar-refractivity contribution in [3.63, 3.8) is 0 Å². The van der Waals surface area contributed by atoms with Gasteiger partial charge in [0.15, 0.2) is 5.37 Å². The molecule has 0 radical (unpaired) electrons. The molecule has 2 aromatic rings. The summed E-state index contributed by atoms with van der Waals surface area (Å²) >= 11 is 0. The summed E-state index contributed by atoms with van der Waals surface area (Å²) in [6.07, 6.45) is -0.139. The van der Waals surface area contributed by atoms with Crippen molar-refractivity contribution < 1.29 is 23.1 Å². The monoisotopic (exact) mass is 418 g/mol. The number of carbonyl (C=O) groups excluding carboxylic acids is 1. The van der Waals surface area contributed by atoms with Gasteiger partial charge < -0.3 is 21.9 Å². The Balaban J connectivity index is 2.18. The minimum absolute atomic E-state index is 0.133. The second-order valence-electron chi connectivity index (χ2n) is 6.50. The Morgan fingerprint density at radius 2 is 1.79 bits per heavy atom. The van der Waals surface area contributed by atoms with E-state index in [4.69, 9.17) is 16.9 Å². The first-order chi connectivity index (χ1) is 13.5. The van der Waals surface area contributed by atoms with Gasteiger partial charge in [-0.15, -0.1) is 0 Å². The van der Waals surface area contributed by atoms with Crippen molar-refractivity contribution >= 4 is 27.5 Å².